The lowest BCUT2D eigenvalue weighted by atomic mass is 9.96. The molecule has 1 fully saturated rings. The number of hydrogen-bond acceptors (Lipinski definition) is 8. The van der Waals surface area contributed by atoms with Crippen molar-refractivity contribution in [1.29, 1.82) is 0 Å². The summed E-state index contributed by atoms with van der Waals surface area (Å²) in [6, 6.07) is 18.6. The number of benzene rings is 2. The van der Waals surface area contributed by atoms with Gasteiger partial charge in [-0.2, -0.15) is 13.2 Å². The second-order valence-electron chi connectivity index (χ2n) is 9.88. The summed E-state index contributed by atoms with van der Waals surface area (Å²) in [7, 11) is -4.49. The van der Waals surface area contributed by atoms with Crippen LogP contribution in [0, 0.1) is 0 Å². The highest BCUT2D eigenvalue weighted by Gasteiger charge is 2.31. The van der Waals surface area contributed by atoms with Crippen LogP contribution in [0.2, 0.25) is 0 Å². The van der Waals surface area contributed by atoms with Gasteiger partial charge in [0.1, 0.15) is 5.75 Å². The molecule has 2 aromatic carbocycles. The first-order valence-corrected chi connectivity index (χ1v) is 15.4. The van der Waals surface area contributed by atoms with E-state index in [0.29, 0.717) is 51.4 Å². The number of hydrogen-bond donors (Lipinski definition) is 1. The number of carbonyl (C=O) groups is 2. The number of nitrogens with one attached hydrogen (secondary N) is 1. The Morgan fingerprint density at radius 3 is 2.40 bits per heavy atom. The Hall–Kier alpha value is -4.20. The quantitative estimate of drug-likeness (QED) is 0.344. The summed E-state index contributed by atoms with van der Waals surface area (Å²) in [6.45, 7) is 4.36. The summed E-state index contributed by atoms with van der Waals surface area (Å²) >= 11 is 0. The predicted octanol–water partition coefficient (Wildman–Crippen LogP) is 3.84. The Morgan fingerprint density at radius 1 is 0.977 bits per heavy atom. The summed E-state index contributed by atoms with van der Waals surface area (Å²) in [5, 5.41) is 7.70. The van der Waals surface area contributed by atoms with E-state index in [0.717, 1.165) is 22.4 Å². The Kier molecular flexibility index (Phi) is 10.2. The number of carbonyl (C=O) groups excluding carboxylic acids is 2. The molecule has 1 aromatic heterocycles. The first-order chi connectivity index (χ1) is 20.4. The fraction of sp³-hybridized carbons (Fsp3) is 0.379. The van der Waals surface area contributed by atoms with Crippen molar-refractivity contribution in [2.45, 2.75) is 32.4 Å². The van der Waals surface area contributed by atoms with Crippen molar-refractivity contribution in [1.82, 2.24) is 19.8 Å². The van der Waals surface area contributed by atoms with Gasteiger partial charge in [-0.15, -0.1) is 10.2 Å². The number of amides is 2. The lowest BCUT2D eigenvalue weighted by molar-refractivity contribution is -0.131. The Morgan fingerprint density at radius 2 is 1.72 bits per heavy atom. The van der Waals surface area contributed by atoms with Gasteiger partial charge in [0.2, 0.25) is 15.9 Å². The van der Waals surface area contributed by atoms with E-state index in [1.807, 2.05) is 60.4 Å². The van der Waals surface area contributed by atoms with Crippen molar-refractivity contribution >= 4 is 27.7 Å². The topological polar surface area (TPSA) is 122 Å². The zero-order chi connectivity index (χ0) is 31.0. The molecule has 43 heavy (non-hydrogen) atoms. The summed E-state index contributed by atoms with van der Waals surface area (Å²) < 4.78 is 67.7. The maximum atomic E-state index is 13.0. The molecular formula is C29H32F3N5O5S. The van der Waals surface area contributed by atoms with Gasteiger partial charge in [0.25, 0.3) is 5.91 Å². The molecule has 0 spiro atoms. The van der Waals surface area contributed by atoms with E-state index in [9.17, 15) is 31.2 Å². The Bertz CT molecular complexity index is 1530. The number of aromatic nitrogens is 2. The smallest absolute Gasteiger partial charge is 0.390 e. The predicted molar refractivity (Wildman–Crippen MR) is 154 cm³/mol. The number of rotatable bonds is 11. The zero-order valence-corrected chi connectivity index (χ0v) is 24.3. The van der Waals surface area contributed by atoms with Crippen LogP contribution in [0.4, 0.5) is 19.0 Å². The van der Waals surface area contributed by atoms with Crippen LogP contribution in [0.25, 0.3) is 11.1 Å². The third kappa shape index (κ3) is 9.14. The highest BCUT2D eigenvalue weighted by atomic mass is 32.2. The van der Waals surface area contributed by atoms with Crippen molar-refractivity contribution in [3.8, 4) is 16.9 Å². The van der Waals surface area contributed by atoms with Gasteiger partial charge in [0, 0.05) is 32.6 Å². The molecular weight excluding hydrogens is 587 g/mol. The van der Waals surface area contributed by atoms with Crippen LogP contribution in [0.3, 0.4) is 0 Å². The van der Waals surface area contributed by atoms with Gasteiger partial charge in [0.05, 0.1) is 18.8 Å². The van der Waals surface area contributed by atoms with Gasteiger partial charge in [-0.25, -0.2) is 13.1 Å². The van der Waals surface area contributed by atoms with E-state index in [2.05, 4.69) is 10.2 Å². The number of piperazine rings is 1. The van der Waals surface area contributed by atoms with Gasteiger partial charge in [-0.1, -0.05) is 36.4 Å². The standard InChI is InChI=1S/C29H32F3N5O5S/c1-2-42-23-8-5-7-22(20-23)24-9-4-3-6-21(24)10-13-27(38)37-17-15-36(16-18-37)26-12-11-25(33-34-26)28(39)35-43(40,41)19-14-29(30,31)32/h3-9,11-12,20H,2,10,13-19H2,1H3,(H,35,39). The van der Waals surface area contributed by atoms with Crippen molar-refractivity contribution in [2.24, 2.45) is 0 Å². The molecule has 1 saturated heterocycles. The number of alkyl halides is 3. The van der Waals surface area contributed by atoms with Crippen molar-refractivity contribution in [3.05, 3.63) is 71.9 Å². The Balaban J connectivity index is 1.28. The van der Waals surface area contributed by atoms with E-state index >= 15 is 0 Å². The summed E-state index contributed by atoms with van der Waals surface area (Å²) in [4.78, 5) is 28.9. The first kappa shape index (κ1) is 31.7. The van der Waals surface area contributed by atoms with Crippen LogP contribution in [-0.2, 0) is 21.2 Å². The molecule has 1 N–H and O–H groups in total. The van der Waals surface area contributed by atoms with Crippen LogP contribution in [0.15, 0.2) is 60.7 Å². The number of halogens is 3. The second kappa shape index (κ2) is 13.8. The molecule has 0 atom stereocenters. The molecule has 230 valence electrons. The molecule has 1 aliphatic heterocycles. The molecule has 3 aromatic rings. The molecule has 0 radical (unpaired) electrons. The summed E-state index contributed by atoms with van der Waals surface area (Å²) in [6.07, 6.45) is -5.32. The number of sulfonamides is 1. The fourth-order valence-corrected chi connectivity index (χ4v) is 5.62. The van der Waals surface area contributed by atoms with Crippen molar-refractivity contribution < 1.29 is 35.9 Å². The van der Waals surface area contributed by atoms with Crippen LogP contribution < -0.4 is 14.4 Å². The fourth-order valence-electron chi connectivity index (χ4n) is 4.63. The van der Waals surface area contributed by atoms with E-state index in [4.69, 9.17) is 4.74 Å². The molecule has 2 amide bonds. The maximum absolute atomic E-state index is 13.0. The molecule has 0 bridgehead atoms. The lowest BCUT2D eigenvalue weighted by Gasteiger charge is -2.35. The maximum Gasteiger partial charge on any atom is 0.390 e. The van der Waals surface area contributed by atoms with Crippen LogP contribution in [0.1, 0.15) is 35.8 Å². The third-order valence-corrected chi connectivity index (χ3v) is 8.06. The van der Waals surface area contributed by atoms with Gasteiger partial charge < -0.3 is 14.5 Å². The van der Waals surface area contributed by atoms with Crippen molar-refractivity contribution in [3.63, 3.8) is 0 Å². The van der Waals surface area contributed by atoms with Crippen molar-refractivity contribution in [2.75, 3.05) is 43.4 Å². The van der Waals surface area contributed by atoms with Gasteiger partial charge in [-0.05, 0) is 54.3 Å². The minimum absolute atomic E-state index is 0.0300. The van der Waals surface area contributed by atoms with E-state index in [-0.39, 0.29) is 11.6 Å². The van der Waals surface area contributed by atoms with Gasteiger partial charge in [0.15, 0.2) is 11.5 Å². The number of aryl methyl sites for hydroxylation is 1. The molecule has 2 heterocycles. The van der Waals surface area contributed by atoms with E-state index in [1.165, 1.54) is 12.1 Å². The third-order valence-electron chi connectivity index (χ3n) is 6.82. The van der Waals surface area contributed by atoms with E-state index in [1.54, 1.807) is 9.62 Å². The molecule has 0 saturated carbocycles. The molecule has 4 rings (SSSR count). The van der Waals surface area contributed by atoms with Crippen LogP contribution in [-0.4, -0.2) is 80.0 Å². The van der Waals surface area contributed by atoms with Crippen LogP contribution in [0.5, 0.6) is 5.75 Å². The average molecular weight is 620 g/mol. The SMILES string of the molecule is CCOc1cccc(-c2ccccc2CCC(=O)N2CCN(c3ccc(C(=O)NS(=O)(=O)CCC(F)(F)F)nn3)CC2)c1. The van der Waals surface area contributed by atoms with E-state index < -0.39 is 34.3 Å². The Labute approximate surface area is 247 Å². The highest BCUT2D eigenvalue weighted by Crippen LogP contribution is 2.28. The monoisotopic (exact) mass is 619 g/mol. The van der Waals surface area contributed by atoms with Crippen LogP contribution >= 0.6 is 0 Å². The minimum atomic E-state index is -4.67. The highest BCUT2D eigenvalue weighted by molar-refractivity contribution is 7.90. The summed E-state index contributed by atoms with van der Waals surface area (Å²) in [5.74, 6) is -1.19. The lowest BCUT2D eigenvalue weighted by Crippen LogP contribution is -2.49. The molecule has 10 nitrogen and oxygen atoms in total. The van der Waals surface area contributed by atoms with Gasteiger partial charge in [-0.3, -0.25) is 9.59 Å². The molecule has 1 aliphatic rings. The molecule has 14 heteroatoms. The van der Waals surface area contributed by atoms with Gasteiger partial charge >= 0.3 is 6.18 Å². The number of nitrogens with zero attached hydrogens (tertiary/aromatic N) is 4. The summed E-state index contributed by atoms with van der Waals surface area (Å²) in [5.41, 5.74) is 2.79. The minimum Gasteiger partial charge on any atom is -0.494 e. The molecule has 0 unspecified atom stereocenters. The zero-order valence-electron chi connectivity index (χ0n) is 23.5. The normalized spacial score (nSPS) is 14.0. The number of ether oxygens (including phenoxy) is 1. The number of anilines is 1. The first-order valence-electron chi connectivity index (χ1n) is 13.7. The molecule has 0 aliphatic carbocycles. The second-order valence-corrected chi connectivity index (χ2v) is 11.7. The largest absolute Gasteiger partial charge is 0.494 e. The average Bonchev–Trinajstić information content (AvgIpc) is 2.99.